The molecule has 0 aliphatic rings. The average Bonchev–Trinajstić information content (AvgIpc) is 2.79. The van der Waals surface area contributed by atoms with Crippen LogP contribution in [-0.2, 0) is 4.79 Å². The Kier molecular flexibility index (Phi) is 7.56. The summed E-state index contributed by atoms with van der Waals surface area (Å²) in [5, 5.41) is 5.73. The van der Waals surface area contributed by atoms with Crippen LogP contribution in [0.3, 0.4) is 0 Å². The Morgan fingerprint density at radius 2 is 1.68 bits per heavy atom. The third-order valence-corrected chi connectivity index (χ3v) is 5.46. The molecule has 0 heterocycles. The van der Waals surface area contributed by atoms with Crippen molar-refractivity contribution in [3.05, 3.63) is 77.9 Å². The van der Waals surface area contributed by atoms with E-state index in [0.29, 0.717) is 28.4 Å². The fraction of sp³-hybridized carbons (Fsp3) is 0.167. The Labute approximate surface area is 186 Å². The van der Waals surface area contributed by atoms with Crippen molar-refractivity contribution < 1.29 is 19.1 Å². The fourth-order valence-corrected chi connectivity index (χ4v) is 3.56. The van der Waals surface area contributed by atoms with Crippen LogP contribution >= 0.6 is 11.8 Å². The molecule has 31 heavy (non-hydrogen) atoms. The van der Waals surface area contributed by atoms with Gasteiger partial charge in [-0.05, 0) is 55.5 Å². The first-order valence-electron chi connectivity index (χ1n) is 9.61. The molecular formula is C24H24N2O4S. The van der Waals surface area contributed by atoms with E-state index in [0.717, 1.165) is 10.5 Å². The predicted octanol–water partition coefficient (Wildman–Crippen LogP) is 5.00. The quantitative estimate of drug-likeness (QED) is 0.486. The summed E-state index contributed by atoms with van der Waals surface area (Å²) in [6, 6.07) is 20.0. The number of thioether (sulfide) groups is 1. The van der Waals surface area contributed by atoms with Gasteiger partial charge in [-0.3, -0.25) is 9.59 Å². The Morgan fingerprint density at radius 1 is 0.903 bits per heavy atom. The molecule has 0 aliphatic heterocycles. The SMILES string of the molecule is COc1ccc(NC(=O)CSc2ccc(NC(=O)c3cccc(C)c3)cc2)c(OC)c1. The van der Waals surface area contributed by atoms with Crippen LogP contribution in [-0.4, -0.2) is 31.8 Å². The monoisotopic (exact) mass is 436 g/mol. The van der Waals surface area contributed by atoms with Gasteiger partial charge in [-0.25, -0.2) is 0 Å². The molecule has 0 spiro atoms. The maximum atomic E-state index is 12.3. The van der Waals surface area contributed by atoms with Crippen molar-refractivity contribution in [3.63, 3.8) is 0 Å². The van der Waals surface area contributed by atoms with Gasteiger partial charge < -0.3 is 20.1 Å². The molecule has 0 bridgehead atoms. The van der Waals surface area contributed by atoms with E-state index in [2.05, 4.69) is 10.6 Å². The number of hydrogen-bond acceptors (Lipinski definition) is 5. The molecule has 0 unspecified atom stereocenters. The molecule has 2 amide bonds. The van der Waals surface area contributed by atoms with E-state index < -0.39 is 0 Å². The Hall–Kier alpha value is -3.45. The van der Waals surface area contributed by atoms with Crippen molar-refractivity contribution in [1.82, 2.24) is 0 Å². The first-order valence-corrected chi connectivity index (χ1v) is 10.6. The second-order valence-electron chi connectivity index (χ2n) is 6.75. The standard InChI is InChI=1S/C24H24N2O4S/c1-16-5-4-6-17(13-16)24(28)25-18-7-10-20(11-8-18)31-15-23(27)26-21-12-9-19(29-2)14-22(21)30-3/h4-14H,15H2,1-3H3,(H,25,28)(H,26,27). The molecule has 160 valence electrons. The summed E-state index contributed by atoms with van der Waals surface area (Å²) in [5.74, 6) is 1.12. The highest BCUT2D eigenvalue weighted by Gasteiger charge is 2.10. The number of anilines is 2. The van der Waals surface area contributed by atoms with Gasteiger partial charge in [0.05, 0.1) is 25.7 Å². The number of nitrogens with one attached hydrogen (secondary N) is 2. The van der Waals surface area contributed by atoms with E-state index in [1.807, 2.05) is 49.4 Å². The zero-order valence-corrected chi connectivity index (χ0v) is 18.4. The van der Waals surface area contributed by atoms with E-state index in [-0.39, 0.29) is 17.6 Å². The lowest BCUT2D eigenvalue weighted by molar-refractivity contribution is -0.113. The van der Waals surface area contributed by atoms with Gasteiger partial charge in [0.2, 0.25) is 5.91 Å². The Morgan fingerprint density at radius 3 is 2.35 bits per heavy atom. The van der Waals surface area contributed by atoms with Crippen LogP contribution < -0.4 is 20.1 Å². The fourth-order valence-electron chi connectivity index (χ4n) is 2.86. The lowest BCUT2D eigenvalue weighted by atomic mass is 10.1. The van der Waals surface area contributed by atoms with Crippen LogP contribution in [0.25, 0.3) is 0 Å². The van der Waals surface area contributed by atoms with Crippen molar-refractivity contribution in [1.29, 1.82) is 0 Å². The van der Waals surface area contributed by atoms with Crippen LogP contribution in [0.1, 0.15) is 15.9 Å². The van der Waals surface area contributed by atoms with Gasteiger partial charge in [0.25, 0.3) is 5.91 Å². The number of carbonyl (C=O) groups is 2. The third kappa shape index (κ3) is 6.26. The lowest BCUT2D eigenvalue weighted by Crippen LogP contribution is -2.14. The first-order chi connectivity index (χ1) is 15.0. The Bertz CT molecular complexity index is 1070. The van der Waals surface area contributed by atoms with E-state index in [1.165, 1.54) is 11.8 Å². The number of aryl methyl sites for hydroxylation is 1. The third-order valence-electron chi connectivity index (χ3n) is 4.45. The average molecular weight is 437 g/mol. The van der Waals surface area contributed by atoms with Gasteiger partial charge in [-0.1, -0.05) is 17.7 Å². The summed E-state index contributed by atoms with van der Waals surface area (Å²) in [7, 11) is 3.11. The Balaban J connectivity index is 1.53. The number of carbonyl (C=O) groups excluding carboxylic acids is 2. The molecule has 7 heteroatoms. The van der Waals surface area contributed by atoms with Crippen LogP contribution in [0.5, 0.6) is 11.5 Å². The van der Waals surface area contributed by atoms with Gasteiger partial charge in [0, 0.05) is 22.2 Å². The molecule has 0 aromatic heterocycles. The lowest BCUT2D eigenvalue weighted by Gasteiger charge is -2.11. The smallest absolute Gasteiger partial charge is 0.255 e. The van der Waals surface area contributed by atoms with Crippen molar-refractivity contribution in [3.8, 4) is 11.5 Å². The van der Waals surface area contributed by atoms with Gasteiger partial charge in [-0.2, -0.15) is 0 Å². The van der Waals surface area contributed by atoms with Crippen molar-refractivity contribution in [2.45, 2.75) is 11.8 Å². The van der Waals surface area contributed by atoms with Gasteiger partial charge in [0.15, 0.2) is 0 Å². The minimum Gasteiger partial charge on any atom is -0.497 e. The number of hydrogen-bond donors (Lipinski definition) is 2. The number of methoxy groups -OCH3 is 2. The maximum Gasteiger partial charge on any atom is 0.255 e. The molecule has 3 aromatic rings. The summed E-state index contributed by atoms with van der Waals surface area (Å²) in [5.41, 5.74) is 2.93. The van der Waals surface area contributed by atoms with Gasteiger partial charge in [0.1, 0.15) is 11.5 Å². The highest BCUT2D eigenvalue weighted by molar-refractivity contribution is 8.00. The largest absolute Gasteiger partial charge is 0.497 e. The number of amides is 2. The second-order valence-corrected chi connectivity index (χ2v) is 7.80. The van der Waals surface area contributed by atoms with E-state index in [1.54, 1.807) is 38.5 Å². The number of ether oxygens (including phenoxy) is 2. The van der Waals surface area contributed by atoms with Gasteiger partial charge >= 0.3 is 0 Å². The molecule has 0 saturated heterocycles. The highest BCUT2D eigenvalue weighted by Crippen LogP contribution is 2.29. The van der Waals surface area contributed by atoms with E-state index in [4.69, 9.17) is 9.47 Å². The molecule has 0 atom stereocenters. The molecule has 3 aromatic carbocycles. The summed E-state index contributed by atoms with van der Waals surface area (Å²) in [4.78, 5) is 25.6. The summed E-state index contributed by atoms with van der Waals surface area (Å²) < 4.78 is 10.5. The topological polar surface area (TPSA) is 76.7 Å². The minimum absolute atomic E-state index is 0.148. The summed E-state index contributed by atoms with van der Waals surface area (Å²) >= 11 is 1.40. The summed E-state index contributed by atoms with van der Waals surface area (Å²) in [6.07, 6.45) is 0. The highest BCUT2D eigenvalue weighted by atomic mass is 32.2. The zero-order chi connectivity index (χ0) is 22.2. The van der Waals surface area contributed by atoms with Crippen molar-refractivity contribution in [2.75, 3.05) is 30.6 Å². The summed E-state index contributed by atoms with van der Waals surface area (Å²) in [6.45, 7) is 1.95. The zero-order valence-electron chi connectivity index (χ0n) is 17.6. The van der Waals surface area contributed by atoms with Crippen LogP contribution in [0.15, 0.2) is 71.6 Å². The second kappa shape index (κ2) is 10.5. The van der Waals surface area contributed by atoms with E-state index >= 15 is 0 Å². The van der Waals surface area contributed by atoms with E-state index in [9.17, 15) is 9.59 Å². The molecule has 3 rings (SSSR count). The molecule has 0 fully saturated rings. The van der Waals surface area contributed by atoms with Crippen LogP contribution in [0, 0.1) is 6.92 Å². The predicted molar refractivity (Wildman–Crippen MR) is 124 cm³/mol. The number of rotatable bonds is 8. The number of benzene rings is 3. The van der Waals surface area contributed by atoms with Crippen LogP contribution in [0.2, 0.25) is 0 Å². The first kappa shape index (κ1) is 22.2. The molecule has 0 saturated carbocycles. The van der Waals surface area contributed by atoms with Crippen LogP contribution in [0.4, 0.5) is 11.4 Å². The van der Waals surface area contributed by atoms with Gasteiger partial charge in [-0.15, -0.1) is 11.8 Å². The molecule has 0 radical (unpaired) electrons. The van der Waals surface area contributed by atoms with Crippen molar-refractivity contribution >= 4 is 35.0 Å². The maximum absolute atomic E-state index is 12.3. The molecule has 6 nitrogen and oxygen atoms in total. The molecular weight excluding hydrogens is 412 g/mol. The van der Waals surface area contributed by atoms with Crippen molar-refractivity contribution in [2.24, 2.45) is 0 Å². The minimum atomic E-state index is -0.156. The molecule has 2 N–H and O–H groups in total. The normalized spacial score (nSPS) is 10.3. The molecule has 0 aliphatic carbocycles.